The Balaban J connectivity index is 1.82. The number of hydrogen-bond donors (Lipinski definition) is 1. The molecule has 0 fully saturated rings. The Labute approximate surface area is 131 Å². The van der Waals surface area contributed by atoms with Crippen LogP contribution in [-0.2, 0) is 22.4 Å². The molecular weight excluding hydrogens is 306 g/mol. The third-order valence-corrected chi connectivity index (χ3v) is 4.67. The number of aryl methyl sites for hydroxylation is 1. The fourth-order valence-corrected chi connectivity index (χ4v) is 3.77. The number of ether oxygens (including phenoxy) is 2. The molecule has 0 radical (unpaired) electrons. The van der Waals surface area contributed by atoms with Gasteiger partial charge in [0.05, 0.1) is 5.69 Å². The van der Waals surface area contributed by atoms with Crippen molar-refractivity contribution in [3.63, 3.8) is 0 Å². The van der Waals surface area contributed by atoms with E-state index in [1.54, 1.807) is 11.3 Å². The second-order valence-corrected chi connectivity index (χ2v) is 6.56. The molecule has 1 heterocycles. The van der Waals surface area contributed by atoms with Crippen LogP contribution in [0.1, 0.15) is 17.4 Å². The molecule has 4 nitrogen and oxygen atoms in total. The second-order valence-electron chi connectivity index (χ2n) is 4.78. The van der Waals surface area contributed by atoms with Gasteiger partial charge in [-0.15, -0.1) is 11.3 Å². The van der Waals surface area contributed by atoms with E-state index < -0.39 is 0 Å². The molecule has 0 bridgehead atoms. The number of carbonyl (C=O) groups is 1. The molecule has 1 aliphatic rings. The summed E-state index contributed by atoms with van der Waals surface area (Å²) in [6.45, 7) is 2.03. The number of benzene rings is 1. The van der Waals surface area contributed by atoms with E-state index in [0.29, 0.717) is 6.61 Å². The largest absolute Gasteiger partial charge is 0.490 e. The molecule has 110 valence electrons. The van der Waals surface area contributed by atoms with E-state index in [1.807, 2.05) is 12.1 Å². The number of esters is 1. The van der Waals surface area contributed by atoms with Crippen molar-refractivity contribution >= 4 is 29.5 Å². The van der Waals surface area contributed by atoms with Gasteiger partial charge in [0.1, 0.15) is 19.0 Å². The van der Waals surface area contributed by atoms with Crippen LogP contribution < -0.4 is 4.74 Å². The van der Waals surface area contributed by atoms with Gasteiger partial charge in [-0.2, -0.15) is 0 Å². The highest BCUT2D eigenvalue weighted by atomic mass is 32.1. The number of hydrogen-bond acceptors (Lipinski definition) is 5. The third kappa shape index (κ3) is 3.01. The molecule has 0 saturated carbocycles. The van der Waals surface area contributed by atoms with Crippen molar-refractivity contribution in [1.29, 1.82) is 0 Å². The molecule has 0 aliphatic heterocycles. The topological polar surface area (TPSA) is 51.3 Å². The minimum absolute atomic E-state index is 0.269. The van der Waals surface area contributed by atoms with E-state index in [2.05, 4.69) is 11.1 Å². The summed E-state index contributed by atoms with van der Waals surface area (Å²) < 4.78 is 11.5. The summed E-state index contributed by atoms with van der Waals surface area (Å²) in [5.41, 5.74) is 3.47. The normalized spacial score (nSPS) is 12.4. The van der Waals surface area contributed by atoms with Crippen LogP contribution in [0.15, 0.2) is 18.2 Å². The van der Waals surface area contributed by atoms with Crippen molar-refractivity contribution < 1.29 is 14.3 Å². The molecule has 0 atom stereocenters. The summed E-state index contributed by atoms with van der Waals surface area (Å²) in [6.07, 6.45) is 1.92. The molecule has 1 aromatic heterocycles. The van der Waals surface area contributed by atoms with Crippen molar-refractivity contribution in [2.45, 2.75) is 19.8 Å². The lowest BCUT2D eigenvalue weighted by atomic mass is 9.93. The molecule has 0 saturated heterocycles. The highest BCUT2D eigenvalue weighted by Crippen LogP contribution is 2.39. The van der Waals surface area contributed by atoms with E-state index in [1.165, 1.54) is 17.4 Å². The van der Waals surface area contributed by atoms with Gasteiger partial charge < -0.3 is 14.5 Å². The monoisotopic (exact) mass is 321 g/mol. The summed E-state index contributed by atoms with van der Waals surface area (Å²) in [6, 6.07) is 6.02. The van der Waals surface area contributed by atoms with Crippen LogP contribution >= 0.6 is 23.6 Å². The lowest BCUT2D eigenvalue weighted by Gasteiger charge is -2.19. The fourth-order valence-electron chi connectivity index (χ4n) is 2.52. The first-order valence-electron chi connectivity index (χ1n) is 6.75. The Morgan fingerprint density at radius 1 is 1.38 bits per heavy atom. The molecule has 2 aromatic rings. The highest BCUT2D eigenvalue weighted by molar-refractivity contribution is 7.73. The maximum absolute atomic E-state index is 10.7. The first-order valence-corrected chi connectivity index (χ1v) is 7.98. The number of aromatic amines is 1. The van der Waals surface area contributed by atoms with Gasteiger partial charge in [0.15, 0.2) is 3.95 Å². The molecule has 0 amide bonds. The molecule has 1 aliphatic carbocycles. The smallest absolute Gasteiger partial charge is 0.302 e. The summed E-state index contributed by atoms with van der Waals surface area (Å²) in [4.78, 5) is 15.3. The predicted molar refractivity (Wildman–Crippen MR) is 84.5 cm³/mol. The first kappa shape index (κ1) is 14.3. The minimum atomic E-state index is -0.288. The molecule has 1 N–H and O–H groups in total. The second kappa shape index (κ2) is 5.99. The number of carbonyl (C=O) groups excluding carboxylic acids is 1. The van der Waals surface area contributed by atoms with Crippen LogP contribution in [-0.4, -0.2) is 24.2 Å². The Morgan fingerprint density at radius 2 is 2.24 bits per heavy atom. The highest BCUT2D eigenvalue weighted by Gasteiger charge is 2.21. The average molecular weight is 321 g/mol. The van der Waals surface area contributed by atoms with E-state index >= 15 is 0 Å². The zero-order chi connectivity index (χ0) is 14.8. The van der Waals surface area contributed by atoms with Gasteiger partial charge >= 0.3 is 5.97 Å². The Morgan fingerprint density at radius 3 is 3.05 bits per heavy atom. The number of aromatic nitrogens is 1. The Kier molecular flexibility index (Phi) is 4.07. The van der Waals surface area contributed by atoms with Gasteiger partial charge in [0.25, 0.3) is 0 Å². The van der Waals surface area contributed by atoms with Crippen LogP contribution in [0.4, 0.5) is 0 Å². The zero-order valence-corrected chi connectivity index (χ0v) is 13.2. The maximum Gasteiger partial charge on any atom is 0.302 e. The maximum atomic E-state index is 10.7. The van der Waals surface area contributed by atoms with Gasteiger partial charge in [0.2, 0.25) is 0 Å². The summed E-state index contributed by atoms with van der Waals surface area (Å²) >= 11 is 6.88. The standard InChI is InChI=1S/C15H15NO3S2/c1-9(17)18-7-8-19-12-4-2-3-11-10(12)5-6-13-14(11)16-15(20)21-13/h2-4H,5-8H2,1H3,(H,16,20). The number of H-pyrrole nitrogens is 1. The van der Waals surface area contributed by atoms with E-state index in [9.17, 15) is 4.79 Å². The van der Waals surface area contributed by atoms with Crippen molar-refractivity contribution in [2.75, 3.05) is 13.2 Å². The molecule has 0 spiro atoms. The number of thiazole rings is 1. The first-order chi connectivity index (χ1) is 10.1. The number of rotatable bonds is 4. The molecule has 0 unspecified atom stereocenters. The third-order valence-electron chi connectivity index (χ3n) is 3.37. The van der Waals surface area contributed by atoms with Crippen molar-refractivity contribution in [3.8, 4) is 17.0 Å². The van der Waals surface area contributed by atoms with Crippen LogP contribution in [0.5, 0.6) is 5.75 Å². The van der Waals surface area contributed by atoms with E-state index in [0.717, 1.165) is 33.8 Å². The molecule has 21 heavy (non-hydrogen) atoms. The quantitative estimate of drug-likeness (QED) is 0.532. The van der Waals surface area contributed by atoms with Crippen LogP contribution in [0.2, 0.25) is 0 Å². The Hall–Kier alpha value is -1.66. The molecule has 1 aromatic carbocycles. The van der Waals surface area contributed by atoms with Gasteiger partial charge in [0, 0.05) is 22.9 Å². The molecular formula is C15H15NO3S2. The number of fused-ring (bicyclic) bond motifs is 3. The van der Waals surface area contributed by atoms with Gasteiger partial charge in [-0.1, -0.05) is 12.1 Å². The van der Waals surface area contributed by atoms with Gasteiger partial charge in [-0.25, -0.2) is 0 Å². The van der Waals surface area contributed by atoms with E-state index in [-0.39, 0.29) is 12.6 Å². The van der Waals surface area contributed by atoms with Crippen molar-refractivity contribution in [3.05, 3.63) is 32.6 Å². The fraction of sp³-hybridized carbons (Fsp3) is 0.333. The van der Waals surface area contributed by atoms with Gasteiger partial charge in [-0.05, 0) is 31.1 Å². The number of nitrogens with one attached hydrogen (secondary N) is 1. The van der Waals surface area contributed by atoms with E-state index in [4.69, 9.17) is 21.7 Å². The van der Waals surface area contributed by atoms with Crippen LogP contribution in [0, 0.1) is 3.95 Å². The summed E-state index contributed by atoms with van der Waals surface area (Å²) in [5, 5.41) is 0. The molecule has 6 heteroatoms. The average Bonchev–Trinajstić information content (AvgIpc) is 2.84. The van der Waals surface area contributed by atoms with Crippen molar-refractivity contribution in [2.24, 2.45) is 0 Å². The predicted octanol–water partition coefficient (Wildman–Crippen LogP) is 3.51. The lowest BCUT2D eigenvalue weighted by molar-refractivity contribution is -0.141. The van der Waals surface area contributed by atoms with Crippen LogP contribution in [0.25, 0.3) is 11.3 Å². The summed E-state index contributed by atoms with van der Waals surface area (Å²) in [7, 11) is 0. The van der Waals surface area contributed by atoms with Crippen LogP contribution in [0.3, 0.4) is 0 Å². The van der Waals surface area contributed by atoms with Gasteiger partial charge in [-0.3, -0.25) is 4.79 Å². The minimum Gasteiger partial charge on any atom is -0.490 e. The SMILES string of the molecule is CC(=O)OCCOc1cccc2c1CCc1sc(=S)[nH]c1-2. The zero-order valence-electron chi connectivity index (χ0n) is 11.6. The van der Waals surface area contributed by atoms with Crippen molar-refractivity contribution in [1.82, 2.24) is 4.98 Å². The molecule has 3 rings (SSSR count). The lowest BCUT2D eigenvalue weighted by Crippen LogP contribution is -2.12. The Bertz CT molecular complexity index is 733. The summed E-state index contributed by atoms with van der Waals surface area (Å²) in [5.74, 6) is 0.569.